The van der Waals surface area contributed by atoms with E-state index in [2.05, 4.69) is 4.98 Å². The third-order valence-corrected chi connectivity index (χ3v) is 2.22. The maximum Gasteiger partial charge on any atom is 0.337 e. The van der Waals surface area contributed by atoms with Crippen LogP contribution >= 0.6 is 0 Å². The Labute approximate surface area is 83.8 Å². The first-order valence-electron chi connectivity index (χ1n) is 4.65. The molecule has 0 saturated carbocycles. The summed E-state index contributed by atoms with van der Waals surface area (Å²) in [6, 6.07) is 1.85. The van der Waals surface area contributed by atoms with Crippen molar-refractivity contribution in [3.63, 3.8) is 0 Å². The van der Waals surface area contributed by atoms with Gasteiger partial charge in [-0.25, -0.2) is 4.79 Å². The molecule has 0 saturated heterocycles. The fraction of sp³-hybridized carbons (Fsp3) is 0.455. The molecule has 0 aromatic carbocycles. The Morgan fingerprint density at radius 3 is 2.36 bits per heavy atom. The molecular weight excluding hydrogens is 178 g/mol. The van der Waals surface area contributed by atoms with Crippen LogP contribution in [0.5, 0.6) is 0 Å². The first kappa shape index (κ1) is 10.7. The van der Waals surface area contributed by atoms with Crippen LogP contribution in [0.4, 0.5) is 0 Å². The van der Waals surface area contributed by atoms with Gasteiger partial charge in [-0.15, -0.1) is 0 Å². The third kappa shape index (κ3) is 1.92. The molecule has 76 valence electrons. The quantitative estimate of drug-likeness (QED) is 0.785. The highest BCUT2D eigenvalue weighted by atomic mass is 16.4. The van der Waals surface area contributed by atoms with Gasteiger partial charge in [0.15, 0.2) is 0 Å². The molecule has 0 atom stereocenters. The van der Waals surface area contributed by atoms with Gasteiger partial charge in [0.2, 0.25) is 0 Å². The van der Waals surface area contributed by atoms with Gasteiger partial charge in [0.05, 0.1) is 11.3 Å². The van der Waals surface area contributed by atoms with Crippen molar-refractivity contribution in [1.82, 2.24) is 4.98 Å². The second kappa shape index (κ2) is 3.78. The molecular formula is C11H15NO2. The number of aromatic nitrogens is 1. The molecule has 0 aliphatic heterocycles. The summed E-state index contributed by atoms with van der Waals surface area (Å²) in [6.07, 6.45) is 0. The highest BCUT2D eigenvalue weighted by Gasteiger charge is 2.14. The van der Waals surface area contributed by atoms with Gasteiger partial charge in [0.1, 0.15) is 0 Å². The van der Waals surface area contributed by atoms with E-state index in [1.165, 1.54) is 0 Å². The van der Waals surface area contributed by atoms with Crippen molar-refractivity contribution in [3.05, 3.63) is 28.6 Å². The van der Waals surface area contributed by atoms with Gasteiger partial charge in [-0.05, 0) is 31.4 Å². The highest BCUT2D eigenvalue weighted by Crippen LogP contribution is 2.18. The molecule has 0 aliphatic carbocycles. The molecule has 0 unspecified atom stereocenters. The number of carbonyl (C=O) groups is 1. The number of pyridine rings is 1. The van der Waals surface area contributed by atoms with E-state index >= 15 is 0 Å². The SMILES string of the molecule is Cc1cc(C(C)C)nc(C)c1C(=O)O. The fourth-order valence-electron chi connectivity index (χ4n) is 1.48. The zero-order valence-corrected chi connectivity index (χ0v) is 8.96. The van der Waals surface area contributed by atoms with Crippen molar-refractivity contribution >= 4 is 5.97 Å². The van der Waals surface area contributed by atoms with Gasteiger partial charge in [0.25, 0.3) is 0 Å². The van der Waals surface area contributed by atoms with Crippen LogP contribution in [0, 0.1) is 13.8 Å². The second-order valence-corrected chi connectivity index (χ2v) is 3.78. The van der Waals surface area contributed by atoms with Crippen molar-refractivity contribution in [2.75, 3.05) is 0 Å². The molecule has 1 N–H and O–H groups in total. The summed E-state index contributed by atoms with van der Waals surface area (Å²) in [5, 5.41) is 8.94. The molecule has 1 rings (SSSR count). The molecule has 0 spiro atoms. The Bertz CT molecular complexity index is 347. The van der Waals surface area contributed by atoms with Crippen molar-refractivity contribution in [3.8, 4) is 0 Å². The number of nitrogens with zero attached hydrogens (tertiary/aromatic N) is 1. The molecule has 3 nitrogen and oxygen atoms in total. The standard InChI is InChI=1S/C11H15NO2/c1-6(2)9-5-7(3)10(11(13)14)8(4)12-9/h5-6H,1-4H3,(H,13,14). The van der Waals surface area contributed by atoms with Crippen LogP contribution in [-0.4, -0.2) is 16.1 Å². The minimum Gasteiger partial charge on any atom is -0.478 e. The Morgan fingerprint density at radius 2 is 2.00 bits per heavy atom. The van der Waals surface area contributed by atoms with Crippen molar-refractivity contribution < 1.29 is 9.90 Å². The Balaban J connectivity index is 3.32. The van der Waals surface area contributed by atoms with Gasteiger partial charge >= 0.3 is 5.97 Å². The summed E-state index contributed by atoms with van der Waals surface area (Å²) in [5.41, 5.74) is 2.66. The Hall–Kier alpha value is -1.38. The first-order chi connectivity index (χ1) is 6.43. The average molecular weight is 193 g/mol. The van der Waals surface area contributed by atoms with Gasteiger partial charge in [-0.2, -0.15) is 0 Å². The minimum absolute atomic E-state index is 0.328. The molecule has 1 heterocycles. The number of hydrogen-bond acceptors (Lipinski definition) is 2. The van der Waals surface area contributed by atoms with Crippen molar-refractivity contribution in [2.24, 2.45) is 0 Å². The topological polar surface area (TPSA) is 50.2 Å². The lowest BCUT2D eigenvalue weighted by Crippen LogP contribution is -2.07. The van der Waals surface area contributed by atoms with Crippen LogP contribution in [0.1, 0.15) is 47.1 Å². The predicted octanol–water partition coefficient (Wildman–Crippen LogP) is 2.52. The summed E-state index contributed by atoms with van der Waals surface area (Å²) in [5.74, 6) is -0.571. The van der Waals surface area contributed by atoms with Gasteiger partial charge in [-0.3, -0.25) is 4.98 Å². The molecule has 1 aromatic heterocycles. The molecule has 3 heteroatoms. The van der Waals surface area contributed by atoms with Crippen molar-refractivity contribution in [2.45, 2.75) is 33.6 Å². The number of carboxylic acid groups (broad SMARTS) is 1. The van der Waals surface area contributed by atoms with Gasteiger partial charge in [-0.1, -0.05) is 13.8 Å². The fourth-order valence-corrected chi connectivity index (χ4v) is 1.48. The maximum atomic E-state index is 10.9. The molecule has 14 heavy (non-hydrogen) atoms. The monoisotopic (exact) mass is 193 g/mol. The molecule has 1 aromatic rings. The molecule has 0 radical (unpaired) electrons. The number of hydrogen-bond donors (Lipinski definition) is 1. The zero-order chi connectivity index (χ0) is 10.9. The summed E-state index contributed by atoms with van der Waals surface area (Å²) in [6.45, 7) is 7.63. The zero-order valence-electron chi connectivity index (χ0n) is 8.96. The summed E-state index contributed by atoms with van der Waals surface area (Å²) in [7, 11) is 0. The van der Waals surface area contributed by atoms with Gasteiger partial charge in [0, 0.05) is 5.69 Å². The average Bonchev–Trinajstić information content (AvgIpc) is 2.01. The van der Waals surface area contributed by atoms with Crippen molar-refractivity contribution in [1.29, 1.82) is 0 Å². The van der Waals surface area contributed by atoms with E-state index in [9.17, 15) is 4.79 Å². The molecule has 0 fully saturated rings. The normalized spacial score (nSPS) is 10.6. The van der Waals surface area contributed by atoms with Crippen LogP contribution in [0.3, 0.4) is 0 Å². The summed E-state index contributed by atoms with van der Waals surface area (Å²) >= 11 is 0. The molecule has 0 bridgehead atoms. The smallest absolute Gasteiger partial charge is 0.337 e. The highest BCUT2D eigenvalue weighted by molar-refractivity contribution is 5.90. The number of carboxylic acids is 1. The van der Waals surface area contributed by atoms with E-state index < -0.39 is 5.97 Å². The van der Waals surface area contributed by atoms with E-state index in [4.69, 9.17) is 5.11 Å². The van der Waals surface area contributed by atoms with Crippen LogP contribution in [0.25, 0.3) is 0 Å². The minimum atomic E-state index is -0.900. The lowest BCUT2D eigenvalue weighted by atomic mass is 10.0. The van der Waals surface area contributed by atoms with Crippen LogP contribution in [0.15, 0.2) is 6.07 Å². The largest absolute Gasteiger partial charge is 0.478 e. The Morgan fingerprint density at radius 1 is 1.43 bits per heavy atom. The van der Waals surface area contributed by atoms with Crippen LogP contribution in [0.2, 0.25) is 0 Å². The lowest BCUT2D eigenvalue weighted by molar-refractivity contribution is 0.0694. The van der Waals surface area contributed by atoms with E-state index in [0.29, 0.717) is 17.2 Å². The van der Waals surface area contributed by atoms with E-state index in [1.54, 1.807) is 6.92 Å². The number of aryl methyl sites for hydroxylation is 2. The van der Waals surface area contributed by atoms with Crippen LogP contribution in [-0.2, 0) is 0 Å². The van der Waals surface area contributed by atoms with Gasteiger partial charge < -0.3 is 5.11 Å². The maximum absolute atomic E-state index is 10.9. The Kier molecular flexibility index (Phi) is 2.89. The number of rotatable bonds is 2. The van der Waals surface area contributed by atoms with E-state index in [1.807, 2.05) is 26.8 Å². The van der Waals surface area contributed by atoms with E-state index in [0.717, 1.165) is 11.3 Å². The summed E-state index contributed by atoms with van der Waals surface area (Å²) < 4.78 is 0. The molecule has 0 amide bonds. The first-order valence-corrected chi connectivity index (χ1v) is 4.65. The predicted molar refractivity (Wildman–Crippen MR) is 54.8 cm³/mol. The lowest BCUT2D eigenvalue weighted by Gasteiger charge is -2.10. The number of aromatic carboxylic acids is 1. The summed E-state index contributed by atoms with van der Waals surface area (Å²) in [4.78, 5) is 15.2. The second-order valence-electron chi connectivity index (χ2n) is 3.78. The molecule has 0 aliphatic rings. The van der Waals surface area contributed by atoms with E-state index in [-0.39, 0.29) is 0 Å². The van der Waals surface area contributed by atoms with Crippen LogP contribution < -0.4 is 0 Å². The third-order valence-electron chi connectivity index (χ3n) is 2.22.